The average molecular weight is 482 g/mol. The molecule has 2 aliphatic rings. The Labute approximate surface area is 203 Å². The normalized spacial score (nSPS) is 21.5. The molecule has 180 valence electrons. The Bertz CT molecular complexity index is 1220. The molecule has 1 fully saturated rings. The van der Waals surface area contributed by atoms with Gasteiger partial charge in [0.2, 0.25) is 5.91 Å². The van der Waals surface area contributed by atoms with Crippen LogP contribution in [-0.4, -0.2) is 32.9 Å². The molecule has 34 heavy (non-hydrogen) atoms. The highest BCUT2D eigenvalue weighted by atomic mass is 32.1. The summed E-state index contributed by atoms with van der Waals surface area (Å²) in [6.07, 6.45) is 7.47. The van der Waals surface area contributed by atoms with E-state index in [2.05, 4.69) is 18.3 Å². The second-order valence-corrected chi connectivity index (χ2v) is 11.0. The molecule has 5 rings (SSSR count). The lowest BCUT2D eigenvalue weighted by atomic mass is 9.93. The number of hydrogen-bond donors (Lipinski definition) is 1. The smallest absolute Gasteiger partial charge is 0.271 e. The van der Waals surface area contributed by atoms with Crippen molar-refractivity contribution in [3.63, 3.8) is 0 Å². The second-order valence-electron chi connectivity index (χ2n) is 9.85. The SMILES string of the molecule is CCc1cc2c(cc3n2C[C@@](C)(C(=O)NC2CCCCCC2)N(Cc2ccccc2F)C3=O)s1. The van der Waals surface area contributed by atoms with Gasteiger partial charge in [0.15, 0.2) is 0 Å². The first-order valence-corrected chi connectivity index (χ1v) is 13.2. The number of nitrogens with one attached hydrogen (secondary N) is 1. The molecule has 0 radical (unpaired) electrons. The first kappa shape index (κ1) is 23.1. The van der Waals surface area contributed by atoms with Gasteiger partial charge in [0, 0.05) is 16.5 Å². The Morgan fingerprint density at radius 1 is 1.18 bits per heavy atom. The Balaban J connectivity index is 1.54. The van der Waals surface area contributed by atoms with Crippen LogP contribution in [-0.2, 0) is 24.3 Å². The van der Waals surface area contributed by atoms with E-state index in [0.29, 0.717) is 17.8 Å². The molecular formula is C27H32FN3O2S. The van der Waals surface area contributed by atoms with Gasteiger partial charge in [-0.05, 0) is 44.4 Å². The Kier molecular flexibility index (Phi) is 6.23. The monoisotopic (exact) mass is 481 g/mol. The van der Waals surface area contributed by atoms with Gasteiger partial charge in [-0.1, -0.05) is 50.8 Å². The van der Waals surface area contributed by atoms with Crippen molar-refractivity contribution >= 4 is 33.4 Å². The molecule has 0 unspecified atom stereocenters. The van der Waals surface area contributed by atoms with E-state index in [1.165, 1.54) is 23.8 Å². The van der Waals surface area contributed by atoms with Crippen LogP contribution in [0.1, 0.15) is 73.3 Å². The van der Waals surface area contributed by atoms with E-state index >= 15 is 0 Å². The van der Waals surface area contributed by atoms with Crippen molar-refractivity contribution in [2.24, 2.45) is 0 Å². The number of nitrogens with zero attached hydrogens (tertiary/aromatic N) is 2. The summed E-state index contributed by atoms with van der Waals surface area (Å²) >= 11 is 1.69. The molecule has 2 amide bonds. The average Bonchev–Trinajstić information content (AvgIpc) is 3.26. The minimum Gasteiger partial charge on any atom is -0.351 e. The minimum absolute atomic E-state index is 0.0547. The molecule has 1 saturated carbocycles. The van der Waals surface area contributed by atoms with Gasteiger partial charge >= 0.3 is 0 Å². The van der Waals surface area contributed by atoms with Crippen LogP contribution in [0.3, 0.4) is 0 Å². The molecule has 3 aromatic rings. The van der Waals surface area contributed by atoms with Crippen LogP contribution >= 0.6 is 11.3 Å². The highest BCUT2D eigenvalue weighted by molar-refractivity contribution is 7.19. The number of amides is 2. The van der Waals surface area contributed by atoms with E-state index in [1.807, 2.05) is 17.6 Å². The predicted molar refractivity (Wildman–Crippen MR) is 134 cm³/mol. The van der Waals surface area contributed by atoms with Crippen LogP contribution in [0.4, 0.5) is 4.39 Å². The lowest BCUT2D eigenvalue weighted by Crippen LogP contribution is -2.64. The molecule has 0 spiro atoms. The third-order valence-electron chi connectivity index (χ3n) is 7.48. The van der Waals surface area contributed by atoms with Crippen molar-refractivity contribution in [3.05, 3.63) is 58.3 Å². The third kappa shape index (κ3) is 4.04. The Hall–Kier alpha value is -2.67. The van der Waals surface area contributed by atoms with Gasteiger partial charge in [-0.3, -0.25) is 9.59 Å². The number of carbonyl (C=O) groups is 2. The van der Waals surface area contributed by atoms with Crippen molar-refractivity contribution in [1.82, 2.24) is 14.8 Å². The van der Waals surface area contributed by atoms with Gasteiger partial charge in [0.1, 0.15) is 17.1 Å². The number of aromatic nitrogens is 1. The summed E-state index contributed by atoms with van der Waals surface area (Å²) < 4.78 is 17.7. The first-order valence-electron chi connectivity index (χ1n) is 12.4. The molecule has 3 heterocycles. The standard InChI is InChI=1S/C27H32FN3O2S/c1-3-20-14-22-24(34-20)15-23-25(32)31(16-18-10-8-9-13-21(18)28)27(2,17-30(22)23)26(33)29-19-11-6-4-5-7-12-19/h8-10,13-15,19H,3-7,11-12,16-17H2,1-2H3,(H,29,33)/t27-/m0/s1. The van der Waals surface area contributed by atoms with Gasteiger partial charge in [-0.25, -0.2) is 4.39 Å². The lowest BCUT2D eigenvalue weighted by molar-refractivity contribution is -0.134. The van der Waals surface area contributed by atoms with Gasteiger partial charge in [-0.2, -0.15) is 0 Å². The fourth-order valence-electron chi connectivity index (χ4n) is 5.37. The topological polar surface area (TPSA) is 54.3 Å². The van der Waals surface area contributed by atoms with Crippen molar-refractivity contribution in [2.75, 3.05) is 0 Å². The fourth-order valence-corrected chi connectivity index (χ4v) is 6.41. The number of rotatable bonds is 5. The fraction of sp³-hybridized carbons (Fsp3) is 0.481. The van der Waals surface area contributed by atoms with Crippen LogP contribution in [0, 0.1) is 5.82 Å². The number of thiophene rings is 1. The summed E-state index contributed by atoms with van der Waals surface area (Å²) in [6.45, 7) is 4.36. The van der Waals surface area contributed by atoms with Crippen molar-refractivity contribution in [2.45, 2.75) is 83.5 Å². The van der Waals surface area contributed by atoms with E-state index in [-0.39, 0.29) is 30.2 Å². The van der Waals surface area contributed by atoms with E-state index in [9.17, 15) is 14.0 Å². The quantitative estimate of drug-likeness (QED) is 0.478. The van der Waals surface area contributed by atoms with Crippen molar-refractivity contribution in [3.8, 4) is 0 Å². The zero-order valence-electron chi connectivity index (χ0n) is 19.9. The van der Waals surface area contributed by atoms with E-state index in [4.69, 9.17) is 0 Å². The molecule has 2 aromatic heterocycles. The third-order valence-corrected chi connectivity index (χ3v) is 8.70. The lowest BCUT2D eigenvalue weighted by Gasteiger charge is -2.44. The zero-order chi connectivity index (χ0) is 23.9. The summed E-state index contributed by atoms with van der Waals surface area (Å²) in [5, 5.41) is 3.27. The first-order chi connectivity index (χ1) is 16.4. The van der Waals surface area contributed by atoms with E-state index in [0.717, 1.165) is 42.3 Å². The van der Waals surface area contributed by atoms with Crippen LogP contribution < -0.4 is 5.32 Å². The van der Waals surface area contributed by atoms with Crippen LogP contribution in [0.2, 0.25) is 0 Å². The van der Waals surface area contributed by atoms with E-state index < -0.39 is 5.54 Å². The van der Waals surface area contributed by atoms with Gasteiger partial charge in [-0.15, -0.1) is 11.3 Å². The molecule has 1 atom stereocenters. The zero-order valence-corrected chi connectivity index (χ0v) is 20.7. The van der Waals surface area contributed by atoms with Gasteiger partial charge < -0.3 is 14.8 Å². The molecule has 0 saturated heterocycles. The van der Waals surface area contributed by atoms with Gasteiger partial charge in [0.05, 0.1) is 23.3 Å². The van der Waals surface area contributed by atoms with Crippen LogP contribution in [0.15, 0.2) is 36.4 Å². The molecule has 1 aliphatic heterocycles. The minimum atomic E-state index is -1.13. The summed E-state index contributed by atoms with van der Waals surface area (Å²) in [4.78, 5) is 30.5. The van der Waals surface area contributed by atoms with Gasteiger partial charge in [0.25, 0.3) is 5.91 Å². The number of hydrogen-bond acceptors (Lipinski definition) is 3. The summed E-state index contributed by atoms with van der Waals surface area (Å²) in [5.41, 5.74) is 0.863. The molecule has 1 N–H and O–H groups in total. The maximum absolute atomic E-state index is 14.6. The Morgan fingerprint density at radius 2 is 1.91 bits per heavy atom. The maximum atomic E-state index is 14.6. The molecule has 5 nitrogen and oxygen atoms in total. The molecule has 1 aromatic carbocycles. The highest BCUT2D eigenvalue weighted by Crippen LogP contribution is 2.37. The Morgan fingerprint density at radius 3 is 2.62 bits per heavy atom. The van der Waals surface area contributed by atoms with Crippen LogP contribution in [0.5, 0.6) is 0 Å². The summed E-state index contributed by atoms with van der Waals surface area (Å²) in [5.74, 6) is -0.742. The molecule has 1 aliphatic carbocycles. The van der Waals surface area contributed by atoms with Crippen LogP contribution in [0.25, 0.3) is 10.2 Å². The van der Waals surface area contributed by atoms with E-state index in [1.54, 1.807) is 34.4 Å². The number of halogens is 1. The number of benzene rings is 1. The molecule has 0 bridgehead atoms. The number of fused-ring (bicyclic) bond motifs is 3. The van der Waals surface area contributed by atoms with Crippen molar-refractivity contribution in [1.29, 1.82) is 0 Å². The molecular weight excluding hydrogens is 449 g/mol. The predicted octanol–water partition coefficient (Wildman–Crippen LogP) is 5.66. The maximum Gasteiger partial charge on any atom is 0.271 e. The number of aryl methyl sites for hydroxylation is 1. The largest absolute Gasteiger partial charge is 0.351 e. The second kappa shape index (κ2) is 9.17. The van der Waals surface area contributed by atoms with Crippen molar-refractivity contribution < 1.29 is 14.0 Å². The summed E-state index contributed by atoms with van der Waals surface area (Å²) in [6, 6.07) is 10.7. The summed E-state index contributed by atoms with van der Waals surface area (Å²) in [7, 11) is 0. The highest BCUT2D eigenvalue weighted by Gasteiger charge is 2.48. The number of carbonyl (C=O) groups excluding carboxylic acids is 2. The molecule has 7 heteroatoms.